The van der Waals surface area contributed by atoms with E-state index in [0.29, 0.717) is 0 Å². The molecule has 1 aliphatic rings. The topological polar surface area (TPSA) is 6.48 Å². The highest BCUT2D eigenvalue weighted by atomic mass is 32.2. The molecule has 0 amide bonds. The summed E-state index contributed by atoms with van der Waals surface area (Å²) in [5, 5.41) is 5.09. The molecule has 0 aromatic carbocycles. The summed E-state index contributed by atoms with van der Waals surface area (Å²) in [5.74, 6) is 2.62. The highest BCUT2D eigenvalue weighted by molar-refractivity contribution is 7.99. The maximum absolute atomic E-state index is 2.55. The van der Waals surface area contributed by atoms with Crippen molar-refractivity contribution in [1.82, 2.24) is 10.0 Å². The van der Waals surface area contributed by atoms with Crippen LogP contribution < -0.4 is 0 Å². The minimum absolute atomic E-state index is 1.23. The van der Waals surface area contributed by atoms with Gasteiger partial charge in [0.2, 0.25) is 0 Å². The Morgan fingerprint density at radius 3 is 2.08 bits per heavy atom. The smallest absolute Gasteiger partial charge is 0.0224 e. The molecule has 3 heteroatoms. The Balaban J connectivity index is 2.32. The second-order valence-electron chi connectivity index (χ2n) is 3.52. The first kappa shape index (κ1) is 11.3. The van der Waals surface area contributed by atoms with Gasteiger partial charge in [0, 0.05) is 37.7 Å². The van der Waals surface area contributed by atoms with Crippen LogP contribution in [0.25, 0.3) is 0 Å². The predicted octanol–water partition coefficient (Wildman–Crippen LogP) is 2.07. The van der Waals surface area contributed by atoms with Gasteiger partial charge in [-0.05, 0) is 12.8 Å². The molecule has 0 radical (unpaired) electrons. The van der Waals surface area contributed by atoms with E-state index in [9.17, 15) is 0 Å². The number of hydrazine groups is 1. The van der Waals surface area contributed by atoms with Crippen LogP contribution in [0.1, 0.15) is 26.7 Å². The van der Waals surface area contributed by atoms with Crippen LogP contribution in [-0.2, 0) is 0 Å². The lowest BCUT2D eigenvalue weighted by Crippen LogP contribution is -2.47. The first-order chi connectivity index (χ1) is 6.38. The van der Waals surface area contributed by atoms with Crippen molar-refractivity contribution >= 4 is 11.8 Å². The summed E-state index contributed by atoms with van der Waals surface area (Å²) in [6.07, 6.45) is 2.54. The highest BCUT2D eigenvalue weighted by Crippen LogP contribution is 2.12. The summed E-state index contributed by atoms with van der Waals surface area (Å²) >= 11 is 2.08. The first-order valence-corrected chi connectivity index (χ1v) is 6.61. The minimum atomic E-state index is 1.23. The van der Waals surface area contributed by atoms with Crippen LogP contribution in [0, 0.1) is 0 Å². The van der Waals surface area contributed by atoms with Crippen LogP contribution in [-0.4, -0.2) is 47.7 Å². The summed E-state index contributed by atoms with van der Waals surface area (Å²) in [5.41, 5.74) is 0. The van der Waals surface area contributed by atoms with Crippen LogP contribution >= 0.6 is 11.8 Å². The zero-order chi connectivity index (χ0) is 9.52. The van der Waals surface area contributed by atoms with Gasteiger partial charge in [-0.3, -0.25) is 0 Å². The SMILES string of the molecule is CCCN(CCC)N1CCSCC1. The molecule has 0 spiro atoms. The molecule has 0 aliphatic carbocycles. The Morgan fingerprint density at radius 2 is 1.62 bits per heavy atom. The zero-order valence-corrected chi connectivity index (χ0v) is 9.78. The average Bonchev–Trinajstić information content (AvgIpc) is 2.19. The molecule has 1 saturated heterocycles. The van der Waals surface area contributed by atoms with Crippen LogP contribution in [0.3, 0.4) is 0 Å². The molecule has 1 aliphatic heterocycles. The van der Waals surface area contributed by atoms with Gasteiger partial charge >= 0.3 is 0 Å². The summed E-state index contributed by atoms with van der Waals surface area (Å²) in [7, 11) is 0. The number of thioether (sulfide) groups is 1. The van der Waals surface area contributed by atoms with E-state index in [1.165, 1.54) is 50.5 Å². The summed E-state index contributed by atoms with van der Waals surface area (Å²) in [6.45, 7) is 9.51. The van der Waals surface area contributed by atoms with E-state index < -0.39 is 0 Å². The Labute approximate surface area is 86.6 Å². The Hall–Kier alpha value is 0.270. The van der Waals surface area contributed by atoms with Gasteiger partial charge in [-0.1, -0.05) is 13.8 Å². The van der Waals surface area contributed by atoms with E-state index in [-0.39, 0.29) is 0 Å². The molecule has 0 saturated carbocycles. The van der Waals surface area contributed by atoms with E-state index in [1.54, 1.807) is 0 Å². The van der Waals surface area contributed by atoms with E-state index in [1.807, 2.05) is 0 Å². The molecular weight excluding hydrogens is 180 g/mol. The Kier molecular flexibility index (Phi) is 5.83. The number of rotatable bonds is 5. The Morgan fingerprint density at radius 1 is 1.08 bits per heavy atom. The molecule has 1 fully saturated rings. The minimum Gasteiger partial charge on any atom is -0.242 e. The lowest BCUT2D eigenvalue weighted by molar-refractivity contribution is -0.0164. The maximum Gasteiger partial charge on any atom is 0.0224 e. The maximum atomic E-state index is 2.55. The number of hydrogen-bond donors (Lipinski definition) is 0. The normalized spacial score (nSPS) is 19.6. The van der Waals surface area contributed by atoms with Crippen molar-refractivity contribution in [3.63, 3.8) is 0 Å². The van der Waals surface area contributed by atoms with Crippen molar-refractivity contribution in [3.8, 4) is 0 Å². The van der Waals surface area contributed by atoms with Gasteiger partial charge in [-0.15, -0.1) is 0 Å². The van der Waals surface area contributed by atoms with Crippen LogP contribution in [0.5, 0.6) is 0 Å². The highest BCUT2D eigenvalue weighted by Gasteiger charge is 2.16. The monoisotopic (exact) mass is 202 g/mol. The molecule has 78 valence electrons. The van der Waals surface area contributed by atoms with Crippen molar-refractivity contribution in [2.75, 3.05) is 37.7 Å². The van der Waals surface area contributed by atoms with Gasteiger partial charge in [-0.2, -0.15) is 11.8 Å². The van der Waals surface area contributed by atoms with Crippen molar-refractivity contribution in [2.45, 2.75) is 26.7 Å². The van der Waals surface area contributed by atoms with Gasteiger partial charge in [0.1, 0.15) is 0 Å². The molecule has 0 bridgehead atoms. The molecule has 0 unspecified atom stereocenters. The summed E-state index contributed by atoms with van der Waals surface area (Å²) in [6, 6.07) is 0. The van der Waals surface area contributed by atoms with Crippen LogP contribution in [0.2, 0.25) is 0 Å². The van der Waals surface area contributed by atoms with Crippen LogP contribution in [0.4, 0.5) is 0 Å². The van der Waals surface area contributed by atoms with E-state index in [0.717, 1.165) is 0 Å². The molecule has 0 atom stereocenters. The lowest BCUT2D eigenvalue weighted by Gasteiger charge is -2.37. The van der Waals surface area contributed by atoms with E-state index in [4.69, 9.17) is 0 Å². The van der Waals surface area contributed by atoms with Crippen molar-refractivity contribution in [1.29, 1.82) is 0 Å². The number of nitrogens with zero attached hydrogens (tertiary/aromatic N) is 2. The average molecular weight is 202 g/mol. The molecule has 2 nitrogen and oxygen atoms in total. The fourth-order valence-electron chi connectivity index (χ4n) is 1.75. The molecule has 0 N–H and O–H groups in total. The largest absolute Gasteiger partial charge is 0.242 e. The second-order valence-corrected chi connectivity index (χ2v) is 4.74. The molecule has 0 aromatic rings. The standard InChI is InChI=1S/C10H22N2S/c1-3-5-11(6-4-2)12-7-9-13-10-8-12/h3-10H2,1-2H3. The van der Waals surface area contributed by atoms with Crippen molar-refractivity contribution < 1.29 is 0 Å². The van der Waals surface area contributed by atoms with Crippen LogP contribution in [0.15, 0.2) is 0 Å². The van der Waals surface area contributed by atoms with Crippen molar-refractivity contribution in [3.05, 3.63) is 0 Å². The van der Waals surface area contributed by atoms with E-state index in [2.05, 4.69) is 35.6 Å². The second kappa shape index (κ2) is 6.68. The van der Waals surface area contributed by atoms with Gasteiger partial charge in [0.15, 0.2) is 0 Å². The molecular formula is C10H22N2S. The molecule has 1 rings (SSSR count). The molecule has 1 heterocycles. The van der Waals surface area contributed by atoms with Gasteiger partial charge in [-0.25, -0.2) is 10.0 Å². The molecule has 13 heavy (non-hydrogen) atoms. The first-order valence-electron chi connectivity index (χ1n) is 5.46. The Bertz CT molecular complexity index is 118. The quantitative estimate of drug-likeness (QED) is 0.674. The fraction of sp³-hybridized carbons (Fsp3) is 1.00. The fourth-order valence-corrected chi connectivity index (χ4v) is 2.63. The van der Waals surface area contributed by atoms with Crippen molar-refractivity contribution in [2.24, 2.45) is 0 Å². The third-order valence-electron chi connectivity index (χ3n) is 2.35. The van der Waals surface area contributed by atoms with Gasteiger partial charge in [0.05, 0.1) is 0 Å². The zero-order valence-electron chi connectivity index (χ0n) is 8.96. The molecule has 0 aromatic heterocycles. The summed E-state index contributed by atoms with van der Waals surface area (Å²) < 4.78 is 0. The summed E-state index contributed by atoms with van der Waals surface area (Å²) in [4.78, 5) is 0. The third-order valence-corrected chi connectivity index (χ3v) is 3.29. The van der Waals surface area contributed by atoms with Gasteiger partial charge in [0.25, 0.3) is 0 Å². The third kappa shape index (κ3) is 3.88. The van der Waals surface area contributed by atoms with E-state index >= 15 is 0 Å². The predicted molar refractivity (Wildman–Crippen MR) is 61.1 cm³/mol. The number of hydrogen-bond acceptors (Lipinski definition) is 3. The van der Waals surface area contributed by atoms with Gasteiger partial charge < -0.3 is 0 Å². The lowest BCUT2D eigenvalue weighted by atomic mass is 10.4.